The van der Waals surface area contributed by atoms with Gasteiger partial charge in [0.25, 0.3) is 10.0 Å². The predicted molar refractivity (Wildman–Crippen MR) is 94.5 cm³/mol. The molecule has 1 atom stereocenters. The Morgan fingerprint density at radius 1 is 1.43 bits per heavy atom. The Morgan fingerprint density at radius 3 is 2.70 bits per heavy atom. The number of hydrogen-bond acceptors (Lipinski definition) is 5. The van der Waals surface area contributed by atoms with E-state index in [1.54, 1.807) is 19.2 Å². The molecule has 0 aliphatic heterocycles. The highest BCUT2D eigenvalue weighted by Crippen LogP contribution is 2.24. The van der Waals surface area contributed by atoms with E-state index < -0.39 is 10.0 Å². The van der Waals surface area contributed by atoms with Crippen molar-refractivity contribution in [1.82, 2.24) is 14.9 Å². The lowest BCUT2D eigenvalue weighted by Gasteiger charge is -2.16. The van der Waals surface area contributed by atoms with Crippen LogP contribution in [0.5, 0.6) is 0 Å². The van der Waals surface area contributed by atoms with Crippen molar-refractivity contribution in [3.63, 3.8) is 0 Å². The summed E-state index contributed by atoms with van der Waals surface area (Å²) in [5.41, 5.74) is 0. The Morgan fingerprint density at radius 2 is 2.13 bits per heavy atom. The van der Waals surface area contributed by atoms with Crippen molar-refractivity contribution in [3.8, 4) is 0 Å². The van der Waals surface area contributed by atoms with Crippen LogP contribution in [-0.4, -0.2) is 59.1 Å². The largest absolute Gasteiger partial charge is 0.383 e. The average molecular weight is 363 g/mol. The second kappa shape index (κ2) is 9.21. The lowest BCUT2D eigenvalue weighted by Crippen LogP contribution is -2.43. The Kier molecular flexibility index (Phi) is 7.97. The van der Waals surface area contributed by atoms with Crippen LogP contribution in [0, 0.1) is 0 Å². The van der Waals surface area contributed by atoms with Crippen molar-refractivity contribution in [3.05, 3.63) is 17.0 Å². The summed E-state index contributed by atoms with van der Waals surface area (Å²) in [5.74, 6) is 0.683. The van der Waals surface area contributed by atoms with Gasteiger partial charge in [0.2, 0.25) is 0 Å². The van der Waals surface area contributed by atoms with Gasteiger partial charge >= 0.3 is 0 Å². The van der Waals surface area contributed by atoms with Crippen molar-refractivity contribution >= 4 is 27.3 Å². The molecule has 1 aromatic heterocycles. The van der Waals surface area contributed by atoms with E-state index in [1.807, 2.05) is 13.8 Å². The van der Waals surface area contributed by atoms with Gasteiger partial charge in [-0.3, -0.25) is 0 Å². The first kappa shape index (κ1) is 19.9. The van der Waals surface area contributed by atoms with Crippen LogP contribution in [0.3, 0.4) is 0 Å². The van der Waals surface area contributed by atoms with Crippen LogP contribution >= 0.6 is 11.3 Å². The monoisotopic (exact) mass is 362 g/mol. The fourth-order valence-corrected chi connectivity index (χ4v) is 4.21. The summed E-state index contributed by atoms with van der Waals surface area (Å²) in [6, 6.07) is 3.55. The molecule has 1 rings (SSSR count). The highest BCUT2D eigenvalue weighted by atomic mass is 32.2. The number of aliphatic imine (C=N–C) groups is 1. The number of nitrogens with zero attached hydrogens (tertiary/aromatic N) is 2. The minimum absolute atomic E-state index is 0.130. The Bertz CT molecular complexity index is 611. The van der Waals surface area contributed by atoms with Crippen molar-refractivity contribution < 1.29 is 13.2 Å². The maximum Gasteiger partial charge on any atom is 0.252 e. The van der Waals surface area contributed by atoms with Gasteiger partial charge in [-0.25, -0.2) is 17.7 Å². The summed E-state index contributed by atoms with van der Waals surface area (Å²) < 4.78 is 30.8. The van der Waals surface area contributed by atoms with Crippen LogP contribution in [0.2, 0.25) is 0 Å². The molecule has 0 amide bonds. The second-order valence-corrected chi connectivity index (χ2v) is 8.75. The first-order valence-electron chi connectivity index (χ1n) is 7.36. The average Bonchev–Trinajstić information content (AvgIpc) is 2.94. The van der Waals surface area contributed by atoms with Crippen molar-refractivity contribution in [2.24, 2.45) is 4.99 Å². The van der Waals surface area contributed by atoms with Crippen molar-refractivity contribution in [1.29, 1.82) is 0 Å². The third-order valence-corrected chi connectivity index (χ3v) is 6.26. The Balaban J connectivity index is 2.79. The van der Waals surface area contributed by atoms with Gasteiger partial charge in [-0.2, -0.15) is 0 Å². The molecule has 1 unspecified atom stereocenters. The third-order valence-electron chi connectivity index (χ3n) is 2.91. The maximum atomic E-state index is 12.1. The van der Waals surface area contributed by atoms with E-state index >= 15 is 0 Å². The van der Waals surface area contributed by atoms with Gasteiger partial charge in [0, 0.05) is 38.7 Å². The van der Waals surface area contributed by atoms with E-state index in [-0.39, 0.29) is 6.04 Å². The Labute approximate surface area is 142 Å². The zero-order valence-electron chi connectivity index (χ0n) is 14.3. The molecule has 0 radical (unpaired) electrons. The standard InChI is InChI=1S/C14H26N4O3S2/c1-6-15-14(17-11(2)10-21-5)16-9-12-7-8-13(22-12)23(19,20)18(3)4/h7-8,11H,6,9-10H2,1-5H3,(H2,15,16,17). The lowest BCUT2D eigenvalue weighted by atomic mass is 10.4. The molecule has 1 aromatic rings. The van der Waals surface area contributed by atoms with E-state index in [2.05, 4.69) is 15.6 Å². The molecule has 0 aliphatic carbocycles. The van der Waals surface area contributed by atoms with Gasteiger partial charge in [0.1, 0.15) is 4.21 Å². The molecule has 2 N–H and O–H groups in total. The number of thiophene rings is 1. The first-order chi connectivity index (χ1) is 10.8. The summed E-state index contributed by atoms with van der Waals surface area (Å²) in [5, 5.41) is 6.40. The molecule has 0 saturated carbocycles. The summed E-state index contributed by atoms with van der Waals surface area (Å²) in [4.78, 5) is 5.38. The van der Waals surface area contributed by atoms with Crippen LogP contribution in [0.4, 0.5) is 0 Å². The molecule has 0 aromatic carbocycles. The molecular weight excluding hydrogens is 336 g/mol. The minimum Gasteiger partial charge on any atom is -0.383 e. The number of guanidine groups is 1. The number of nitrogens with one attached hydrogen (secondary N) is 2. The van der Waals surface area contributed by atoms with Crippen LogP contribution in [0.1, 0.15) is 18.7 Å². The summed E-state index contributed by atoms with van der Waals surface area (Å²) >= 11 is 1.24. The molecule has 7 nitrogen and oxygen atoms in total. The Hall–Kier alpha value is -1.16. The molecule has 0 bridgehead atoms. The number of rotatable bonds is 8. The highest BCUT2D eigenvalue weighted by molar-refractivity contribution is 7.91. The van der Waals surface area contributed by atoms with Gasteiger partial charge < -0.3 is 15.4 Å². The zero-order chi connectivity index (χ0) is 17.5. The fourth-order valence-electron chi connectivity index (χ4n) is 1.76. The molecule has 23 heavy (non-hydrogen) atoms. The number of methoxy groups -OCH3 is 1. The molecule has 0 saturated heterocycles. The number of ether oxygens (including phenoxy) is 1. The molecule has 9 heteroatoms. The van der Waals surface area contributed by atoms with Gasteiger partial charge in [-0.1, -0.05) is 0 Å². The zero-order valence-corrected chi connectivity index (χ0v) is 15.9. The quantitative estimate of drug-likeness (QED) is 0.534. The van der Waals surface area contributed by atoms with Gasteiger partial charge in [-0.05, 0) is 26.0 Å². The summed E-state index contributed by atoms with van der Waals surface area (Å²) in [6.07, 6.45) is 0. The maximum absolute atomic E-state index is 12.1. The highest BCUT2D eigenvalue weighted by Gasteiger charge is 2.19. The smallest absolute Gasteiger partial charge is 0.252 e. The van der Waals surface area contributed by atoms with Crippen LogP contribution in [0.15, 0.2) is 21.3 Å². The minimum atomic E-state index is -3.38. The first-order valence-corrected chi connectivity index (χ1v) is 9.62. The molecule has 1 heterocycles. The lowest BCUT2D eigenvalue weighted by molar-refractivity contribution is 0.179. The van der Waals surface area contributed by atoms with Gasteiger partial charge in [0.15, 0.2) is 5.96 Å². The predicted octanol–water partition coefficient (Wildman–Crippen LogP) is 1.09. The van der Waals surface area contributed by atoms with E-state index in [1.165, 1.54) is 29.7 Å². The normalized spacial score (nSPS) is 14.1. The van der Waals surface area contributed by atoms with E-state index in [9.17, 15) is 8.42 Å². The van der Waals surface area contributed by atoms with Crippen LogP contribution in [-0.2, 0) is 21.3 Å². The van der Waals surface area contributed by atoms with E-state index in [0.717, 1.165) is 11.4 Å². The fraction of sp³-hybridized carbons (Fsp3) is 0.643. The summed E-state index contributed by atoms with van der Waals surface area (Å²) in [7, 11) is 1.33. The van der Waals surface area contributed by atoms with Gasteiger partial charge in [-0.15, -0.1) is 11.3 Å². The summed E-state index contributed by atoms with van der Waals surface area (Å²) in [6.45, 7) is 5.74. The van der Waals surface area contributed by atoms with E-state index in [4.69, 9.17) is 4.74 Å². The van der Waals surface area contributed by atoms with Crippen LogP contribution in [0.25, 0.3) is 0 Å². The third kappa shape index (κ3) is 6.09. The molecular formula is C14H26N4O3S2. The molecule has 132 valence electrons. The molecule has 0 fully saturated rings. The van der Waals surface area contributed by atoms with Gasteiger partial charge in [0.05, 0.1) is 13.2 Å². The van der Waals surface area contributed by atoms with E-state index in [0.29, 0.717) is 23.3 Å². The van der Waals surface area contributed by atoms with Crippen molar-refractivity contribution in [2.45, 2.75) is 30.6 Å². The number of hydrogen-bond donors (Lipinski definition) is 2. The number of sulfonamides is 1. The van der Waals surface area contributed by atoms with Crippen LogP contribution < -0.4 is 10.6 Å². The molecule has 0 spiro atoms. The second-order valence-electron chi connectivity index (χ2n) is 5.20. The van der Waals surface area contributed by atoms with Crippen molar-refractivity contribution in [2.75, 3.05) is 34.4 Å². The SMILES string of the molecule is CCNC(=NCc1ccc(S(=O)(=O)N(C)C)s1)NC(C)COC. The molecule has 0 aliphatic rings. The topological polar surface area (TPSA) is 83.0 Å².